The lowest BCUT2D eigenvalue weighted by Gasteiger charge is -2.17. The van der Waals surface area contributed by atoms with Crippen LogP contribution in [0.2, 0.25) is 0 Å². The normalized spacial score (nSPS) is 12.0. The molecule has 0 saturated carbocycles. The zero-order chi connectivity index (χ0) is 22.8. The number of carbonyl (C=O) groups is 1. The number of nitrogens with zero attached hydrogens (tertiary/aromatic N) is 3. The number of pyridine rings is 1. The molecule has 1 atom stereocenters. The summed E-state index contributed by atoms with van der Waals surface area (Å²) in [5.41, 5.74) is 6.56. The first-order chi connectivity index (χ1) is 15.4. The van der Waals surface area contributed by atoms with Gasteiger partial charge in [-0.1, -0.05) is 48.5 Å². The second-order valence-electron chi connectivity index (χ2n) is 7.99. The van der Waals surface area contributed by atoms with Crippen molar-refractivity contribution in [3.05, 3.63) is 71.4 Å². The lowest BCUT2D eigenvalue weighted by Crippen LogP contribution is -2.31. The molecule has 0 radical (unpaired) electrons. The van der Waals surface area contributed by atoms with E-state index in [4.69, 9.17) is 9.72 Å². The first-order valence-electron chi connectivity index (χ1n) is 10.9. The summed E-state index contributed by atoms with van der Waals surface area (Å²) in [7, 11) is 0. The maximum absolute atomic E-state index is 12.9. The van der Waals surface area contributed by atoms with Gasteiger partial charge >= 0.3 is 0 Å². The summed E-state index contributed by atoms with van der Waals surface area (Å²) in [6, 6.07) is 17.9. The van der Waals surface area contributed by atoms with Crippen LogP contribution >= 0.6 is 0 Å². The van der Waals surface area contributed by atoms with Crippen LogP contribution in [-0.2, 0) is 11.3 Å². The van der Waals surface area contributed by atoms with Crippen molar-refractivity contribution in [2.75, 3.05) is 5.32 Å². The molecule has 0 aliphatic rings. The Morgan fingerprint density at radius 1 is 1.06 bits per heavy atom. The molecule has 4 rings (SSSR count). The van der Waals surface area contributed by atoms with Gasteiger partial charge in [0.2, 0.25) is 5.88 Å². The van der Waals surface area contributed by atoms with E-state index < -0.39 is 6.10 Å². The smallest absolute Gasteiger partial charge is 0.265 e. The zero-order valence-electron chi connectivity index (χ0n) is 19.1. The fourth-order valence-corrected chi connectivity index (χ4v) is 3.93. The Kier molecular flexibility index (Phi) is 5.95. The third-order valence-electron chi connectivity index (χ3n) is 5.63. The van der Waals surface area contributed by atoms with Crippen molar-refractivity contribution in [3.8, 4) is 17.0 Å². The van der Waals surface area contributed by atoms with Gasteiger partial charge in [-0.2, -0.15) is 10.1 Å². The highest BCUT2D eigenvalue weighted by Gasteiger charge is 2.21. The minimum Gasteiger partial charge on any atom is -0.464 e. The third kappa shape index (κ3) is 4.08. The van der Waals surface area contributed by atoms with Gasteiger partial charge in [0.1, 0.15) is 0 Å². The monoisotopic (exact) mass is 428 g/mol. The van der Waals surface area contributed by atoms with Gasteiger partial charge in [0.25, 0.3) is 5.91 Å². The first kappa shape index (κ1) is 21.6. The highest BCUT2D eigenvalue weighted by molar-refractivity contribution is 5.97. The van der Waals surface area contributed by atoms with Gasteiger partial charge in [0, 0.05) is 18.3 Å². The van der Waals surface area contributed by atoms with E-state index in [2.05, 4.69) is 22.5 Å². The molecule has 6 nitrogen and oxygen atoms in total. The summed E-state index contributed by atoms with van der Waals surface area (Å²) in [5, 5.41) is 8.64. The summed E-state index contributed by atoms with van der Waals surface area (Å²) >= 11 is 0. The van der Waals surface area contributed by atoms with Gasteiger partial charge < -0.3 is 10.1 Å². The molecule has 0 aliphatic heterocycles. The quantitative estimate of drug-likeness (QED) is 0.443. The van der Waals surface area contributed by atoms with Crippen molar-refractivity contribution < 1.29 is 9.53 Å². The van der Waals surface area contributed by atoms with E-state index in [1.54, 1.807) is 6.92 Å². The topological polar surface area (TPSA) is 69.0 Å². The van der Waals surface area contributed by atoms with Crippen molar-refractivity contribution in [1.82, 2.24) is 14.8 Å². The van der Waals surface area contributed by atoms with E-state index in [0.717, 1.165) is 44.7 Å². The van der Waals surface area contributed by atoms with Crippen LogP contribution in [0.15, 0.2) is 54.6 Å². The molecule has 2 aromatic heterocycles. The summed E-state index contributed by atoms with van der Waals surface area (Å²) < 4.78 is 7.91. The number of para-hydroxylation sites is 1. The van der Waals surface area contributed by atoms with Crippen LogP contribution < -0.4 is 10.1 Å². The molecular formula is C26H28N4O2. The standard InChI is InChI=1S/C26H28N4O2/c1-6-30-25-23(18(4)29-30)21(20-13-8-7-9-14-20)15-22(27-25)32-19(5)26(31)28-24-16(2)11-10-12-17(24)3/h7-15,19H,6H2,1-5H3,(H,28,31)/t19-/m1/s1. The van der Waals surface area contributed by atoms with Crippen molar-refractivity contribution in [2.24, 2.45) is 0 Å². The van der Waals surface area contributed by atoms with Crippen molar-refractivity contribution in [2.45, 2.75) is 47.3 Å². The summed E-state index contributed by atoms with van der Waals surface area (Å²) in [6.07, 6.45) is -0.721. The van der Waals surface area contributed by atoms with E-state index in [9.17, 15) is 4.79 Å². The average Bonchev–Trinajstić information content (AvgIpc) is 3.11. The number of hydrogen-bond acceptors (Lipinski definition) is 4. The molecule has 0 aliphatic carbocycles. The molecule has 0 unspecified atom stereocenters. The number of nitrogens with one attached hydrogen (secondary N) is 1. The molecule has 2 aromatic carbocycles. The first-order valence-corrected chi connectivity index (χ1v) is 10.9. The highest BCUT2D eigenvalue weighted by Crippen LogP contribution is 2.33. The maximum atomic E-state index is 12.9. The van der Waals surface area contributed by atoms with Gasteiger partial charge in [-0.15, -0.1) is 0 Å². The van der Waals surface area contributed by atoms with Gasteiger partial charge in [-0.3, -0.25) is 4.79 Å². The van der Waals surface area contributed by atoms with Gasteiger partial charge in [-0.05, 0) is 56.9 Å². The number of hydrogen-bond donors (Lipinski definition) is 1. The highest BCUT2D eigenvalue weighted by atomic mass is 16.5. The Bertz CT molecular complexity index is 1260. The molecule has 6 heteroatoms. The summed E-state index contributed by atoms with van der Waals surface area (Å²) in [4.78, 5) is 17.6. The van der Waals surface area contributed by atoms with Gasteiger partial charge in [0.05, 0.1) is 11.1 Å². The Morgan fingerprint density at radius 2 is 1.75 bits per heavy atom. The fraction of sp³-hybridized carbons (Fsp3) is 0.269. The molecule has 1 amide bonds. The molecular weight excluding hydrogens is 400 g/mol. The van der Waals surface area contributed by atoms with Crippen LogP contribution in [0, 0.1) is 20.8 Å². The molecule has 0 saturated heterocycles. The Morgan fingerprint density at radius 3 is 2.41 bits per heavy atom. The van der Waals surface area contributed by atoms with E-state index in [1.165, 1.54) is 0 Å². The van der Waals surface area contributed by atoms with E-state index in [1.807, 2.05) is 74.8 Å². The van der Waals surface area contributed by atoms with Crippen molar-refractivity contribution >= 4 is 22.6 Å². The number of anilines is 1. The fourth-order valence-electron chi connectivity index (χ4n) is 3.93. The molecule has 4 aromatic rings. The summed E-state index contributed by atoms with van der Waals surface area (Å²) in [6.45, 7) is 10.4. The molecule has 164 valence electrons. The summed E-state index contributed by atoms with van der Waals surface area (Å²) in [5.74, 6) is 0.181. The number of rotatable bonds is 6. The van der Waals surface area contributed by atoms with Crippen LogP contribution in [0.3, 0.4) is 0 Å². The number of ether oxygens (including phenoxy) is 1. The lowest BCUT2D eigenvalue weighted by molar-refractivity contribution is -0.122. The van der Waals surface area contributed by atoms with E-state index in [0.29, 0.717) is 12.4 Å². The largest absolute Gasteiger partial charge is 0.464 e. The van der Waals surface area contributed by atoms with Crippen LogP contribution in [-0.4, -0.2) is 26.8 Å². The Hall–Kier alpha value is -3.67. The second kappa shape index (κ2) is 8.83. The number of carbonyl (C=O) groups excluding carboxylic acids is 1. The van der Waals surface area contributed by atoms with Crippen LogP contribution in [0.1, 0.15) is 30.7 Å². The van der Waals surface area contributed by atoms with Crippen LogP contribution in [0.25, 0.3) is 22.2 Å². The van der Waals surface area contributed by atoms with E-state index in [-0.39, 0.29) is 5.91 Å². The molecule has 0 spiro atoms. The van der Waals surface area contributed by atoms with Crippen molar-refractivity contribution in [3.63, 3.8) is 0 Å². The Labute approximate surface area is 188 Å². The predicted molar refractivity (Wildman–Crippen MR) is 128 cm³/mol. The molecule has 0 fully saturated rings. The number of fused-ring (bicyclic) bond motifs is 1. The molecule has 32 heavy (non-hydrogen) atoms. The average molecular weight is 429 g/mol. The number of aryl methyl sites for hydroxylation is 4. The maximum Gasteiger partial charge on any atom is 0.265 e. The number of aromatic nitrogens is 3. The van der Waals surface area contributed by atoms with Crippen molar-refractivity contribution in [1.29, 1.82) is 0 Å². The Balaban J connectivity index is 1.69. The van der Waals surface area contributed by atoms with Crippen LogP contribution in [0.4, 0.5) is 5.69 Å². The minimum absolute atomic E-state index is 0.217. The van der Waals surface area contributed by atoms with Crippen LogP contribution in [0.5, 0.6) is 5.88 Å². The van der Waals surface area contributed by atoms with Gasteiger partial charge in [0.15, 0.2) is 11.8 Å². The number of benzene rings is 2. The molecule has 2 heterocycles. The SMILES string of the molecule is CCn1nc(C)c2c(-c3ccccc3)cc(O[C@H](C)C(=O)Nc3c(C)cccc3C)nc21. The number of amides is 1. The van der Waals surface area contributed by atoms with Gasteiger partial charge in [-0.25, -0.2) is 4.68 Å². The lowest BCUT2D eigenvalue weighted by atomic mass is 10.0. The molecule has 0 bridgehead atoms. The second-order valence-corrected chi connectivity index (χ2v) is 7.99. The zero-order valence-corrected chi connectivity index (χ0v) is 19.1. The predicted octanol–water partition coefficient (Wildman–Crippen LogP) is 5.45. The minimum atomic E-state index is -0.721. The third-order valence-corrected chi connectivity index (χ3v) is 5.63. The van der Waals surface area contributed by atoms with E-state index >= 15 is 0 Å². The molecule has 1 N–H and O–H groups in total.